The molecule has 0 aliphatic rings. The van der Waals surface area contributed by atoms with E-state index in [1.807, 2.05) is 38.2 Å². The summed E-state index contributed by atoms with van der Waals surface area (Å²) in [6, 6.07) is 7.24. The van der Waals surface area contributed by atoms with Gasteiger partial charge < -0.3 is 9.84 Å². The normalized spacial score (nSPS) is 10.9. The first-order valence-electron chi connectivity index (χ1n) is 7.33. The van der Waals surface area contributed by atoms with Gasteiger partial charge in [-0.05, 0) is 17.7 Å². The zero-order chi connectivity index (χ0) is 16.2. The molecule has 3 heterocycles. The molecule has 3 aromatic heterocycles. The third kappa shape index (κ3) is 3.45. The van der Waals surface area contributed by atoms with Gasteiger partial charge in [-0.3, -0.25) is 4.79 Å². The number of carbonyl (C=O) groups excluding carboxylic acids is 1. The molecule has 7 heteroatoms. The van der Waals surface area contributed by atoms with Gasteiger partial charge in [0.25, 0.3) is 5.91 Å². The fraction of sp³-hybridized carbons (Fsp3) is 0.250. The molecular formula is C16H17N5O2. The van der Waals surface area contributed by atoms with Crippen molar-refractivity contribution in [3.8, 4) is 5.82 Å². The highest BCUT2D eigenvalue weighted by atomic mass is 16.5. The molecular weight excluding hydrogens is 294 g/mol. The number of carbonyl (C=O) groups is 1. The van der Waals surface area contributed by atoms with E-state index in [-0.39, 0.29) is 17.5 Å². The van der Waals surface area contributed by atoms with Crippen molar-refractivity contribution >= 4 is 5.91 Å². The van der Waals surface area contributed by atoms with Crippen LogP contribution < -0.4 is 5.32 Å². The van der Waals surface area contributed by atoms with Crippen molar-refractivity contribution in [2.75, 3.05) is 0 Å². The Balaban J connectivity index is 1.60. The molecule has 0 aromatic carbocycles. The minimum Gasteiger partial charge on any atom is -0.360 e. The highest BCUT2D eigenvalue weighted by Gasteiger charge is 2.14. The van der Waals surface area contributed by atoms with Gasteiger partial charge in [-0.2, -0.15) is 5.10 Å². The van der Waals surface area contributed by atoms with Crippen molar-refractivity contribution in [1.29, 1.82) is 0 Å². The summed E-state index contributed by atoms with van der Waals surface area (Å²) in [6.45, 7) is 4.33. The summed E-state index contributed by atoms with van der Waals surface area (Å²) in [6.07, 6.45) is 5.22. The molecule has 0 bridgehead atoms. The largest absolute Gasteiger partial charge is 0.360 e. The third-order valence-corrected chi connectivity index (χ3v) is 3.33. The summed E-state index contributed by atoms with van der Waals surface area (Å²) in [5.74, 6) is 1.35. The van der Waals surface area contributed by atoms with Crippen LogP contribution in [0.3, 0.4) is 0 Å². The molecule has 0 aliphatic heterocycles. The zero-order valence-electron chi connectivity index (χ0n) is 12.9. The smallest absolute Gasteiger partial charge is 0.273 e. The van der Waals surface area contributed by atoms with Crippen LogP contribution in [0.1, 0.15) is 41.6 Å². The fourth-order valence-electron chi connectivity index (χ4n) is 2.00. The van der Waals surface area contributed by atoms with Crippen molar-refractivity contribution in [2.24, 2.45) is 0 Å². The first kappa shape index (κ1) is 15.0. The number of rotatable bonds is 5. The van der Waals surface area contributed by atoms with Crippen molar-refractivity contribution in [3.63, 3.8) is 0 Å². The van der Waals surface area contributed by atoms with E-state index in [1.54, 1.807) is 23.1 Å². The number of hydrogen-bond donors (Lipinski definition) is 1. The van der Waals surface area contributed by atoms with Gasteiger partial charge in [0.15, 0.2) is 11.5 Å². The maximum atomic E-state index is 12.0. The molecule has 118 valence electrons. The molecule has 3 aromatic rings. The zero-order valence-corrected chi connectivity index (χ0v) is 12.9. The van der Waals surface area contributed by atoms with Crippen molar-refractivity contribution < 1.29 is 9.32 Å². The number of aromatic nitrogens is 4. The van der Waals surface area contributed by atoms with E-state index < -0.39 is 0 Å². The maximum absolute atomic E-state index is 12.0. The lowest BCUT2D eigenvalue weighted by atomic mass is 10.1. The molecule has 3 rings (SSSR count). The molecule has 7 nitrogen and oxygen atoms in total. The average Bonchev–Trinajstić information content (AvgIpc) is 3.24. The SMILES string of the molecule is CC(C)c1cc(C(=O)NCc2ccc(-n3cccn3)nc2)no1. The second kappa shape index (κ2) is 6.43. The Morgan fingerprint density at radius 1 is 1.39 bits per heavy atom. The van der Waals surface area contributed by atoms with Crippen molar-refractivity contribution in [3.05, 3.63) is 59.9 Å². The van der Waals surface area contributed by atoms with Crippen LogP contribution in [0.2, 0.25) is 0 Å². The quantitative estimate of drug-likeness (QED) is 0.781. The summed E-state index contributed by atoms with van der Waals surface area (Å²) < 4.78 is 6.80. The monoisotopic (exact) mass is 311 g/mol. The number of nitrogens with one attached hydrogen (secondary N) is 1. The van der Waals surface area contributed by atoms with Gasteiger partial charge in [-0.1, -0.05) is 25.1 Å². The maximum Gasteiger partial charge on any atom is 0.273 e. The average molecular weight is 311 g/mol. The Morgan fingerprint density at radius 2 is 2.26 bits per heavy atom. The highest BCUT2D eigenvalue weighted by molar-refractivity contribution is 5.92. The van der Waals surface area contributed by atoms with E-state index in [1.165, 1.54) is 0 Å². The van der Waals surface area contributed by atoms with Crippen LogP contribution in [-0.2, 0) is 6.54 Å². The second-order valence-electron chi connectivity index (χ2n) is 5.43. The molecule has 0 saturated carbocycles. The van der Waals surface area contributed by atoms with E-state index in [0.717, 1.165) is 11.4 Å². The van der Waals surface area contributed by atoms with Crippen LogP contribution >= 0.6 is 0 Å². The van der Waals surface area contributed by atoms with Gasteiger partial charge in [0, 0.05) is 37.1 Å². The lowest BCUT2D eigenvalue weighted by molar-refractivity contribution is 0.0941. The molecule has 1 amide bonds. The van der Waals surface area contributed by atoms with Crippen LogP contribution in [0.25, 0.3) is 5.82 Å². The fourth-order valence-corrected chi connectivity index (χ4v) is 2.00. The van der Waals surface area contributed by atoms with Crippen LogP contribution in [0.5, 0.6) is 0 Å². The predicted octanol–water partition coefficient (Wildman–Crippen LogP) is 2.31. The molecule has 0 radical (unpaired) electrons. The van der Waals surface area contributed by atoms with Crippen molar-refractivity contribution in [1.82, 2.24) is 25.2 Å². The van der Waals surface area contributed by atoms with E-state index in [0.29, 0.717) is 12.3 Å². The molecule has 0 unspecified atom stereocenters. The number of nitrogens with zero attached hydrogens (tertiary/aromatic N) is 4. The summed E-state index contributed by atoms with van der Waals surface area (Å²) in [5, 5.41) is 10.7. The molecule has 23 heavy (non-hydrogen) atoms. The topological polar surface area (TPSA) is 85.8 Å². The molecule has 0 atom stereocenters. The number of pyridine rings is 1. The summed E-state index contributed by atoms with van der Waals surface area (Å²) >= 11 is 0. The van der Waals surface area contributed by atoms with Gasteiger partial charge in [0.1, 0.15) is 5.76 Å². The highest BCUT2D eigenvalue weighted by Crippen LogP contribution is 2.15. The molecule has 0 aliphatic carbocycles. The minimum atomic E-state index is -0.267. The molecule has 0 saturated heterocycles. The molecule has 0 fully saturated rings. The van der Waals surface area contributed by atoms with Crippen LogP contribution in [0.15, 0.2) is 47.4 Å². The first-order valence-corrected chi connectivity index (χ1v) is 7.33. The molecule has 1 N–H and O–H groups in total. The summed E-state index contributed by atoms with van der Waals surface area (Å²) in [4.78, 5) is 16.4. The van der Waals surface area contributed by atoms with E-state index in [2.05, 4.69) is 20.6 Å². The summed E-state index contributed by atoms with van der Waals surface area (Å²) in [7, 11) is 0. The van der Waals surface area contributed by atoms with E-state index in [9.17, 15) is 4.79 Å². The standard InChI is InChI=1S/C16H17N5O2/c1-11(2)14-8-13(20-23-14)16(22)18-10-12-4-5-15(17-9-12)21-7-3-6-19-21/h3-9,11H,10H2,1-2H3,(H,18,22). The van der Waals surface area contributed by atoms with Crippen LogP contribution in [-0.4, -0.2) is 25.8 Å². The van der Waals surface area contributed by atoms with Crippen molar-refractivity contribution in [2.45, 2.75) is 26.3 Å². The Hall–Kier alpha value is -2.96. The minimum absolute atomic E-state index is 0.197. The van der Waals surface area contributed by atoms with Crippen LogP contribution in [0.4, 0.5) is 0 Å². The van der Waals surface area contributed by atoms with Gasteiger partial charge >= 0.3 is 0 Å². The first-order chi connectivity index (χ1) is 11.1. The summed E-state index contributed by atoms with van der Waals surface area (Å²) in [5.41, 5.74) is 1.18. The Morgan fingerprint density at radius 3 is 2.87 bits per heavy atom. The van der Waals surface area contributed by atoms with E-state index >= 15 is 0 Å². The Kier molecular flexibility index (Phi) is 4.18. The lowest BCUT2D eigenvalue weighted by Gasteiger charge is -2.04. The molecule has 0 spiro atoms. The van der Waals surface area contributed by atoms with Gasteiger partial charge in [-0.15, -0.1) is 0 Å². The van der Waals surface area contributed by atoms with Gasteiger partial charge in [-0.25, -0.2) is 9.67 Å². The predicted molar refractivity (Wildman–Crippen MR) is 83.1 cm³/mol. The lowest BCUT2D eigenvalue weighted by Crippen LogP contribution is -2.23. The van der Waals surface area contributed by atoms with E-state index in [4.69, 9.17) is 4.52 Å². The van der Waals surface area contributed by atoms with Gasteiger partial charge in [0.05, 0.1) is 0 Å². The van der Waals surface area contributed by atoms with Crippen LogP contribution in [0, 0.1) is 0 Å². The second-order valence-corrected chi connectivity index (χ2v) is 5.43. The third-order valence-electron chi connectivity index (χ3n) is 3.33. The number of amides is 1. The van der Waals surface area contributed by atoms with Gasteiger partial charge in [0.2, 0.25) is 0 Å². The number of hydrogen-bond acceptors (Lipinski definition) is 5. The Labute approximate surface area is 133 Å². The Bertz CT molecular complexity index is 775.